The second-order valence-electron chi connectivity index (χ2n) is 9.16. The van der Waals surface area contributed by atoms with E-state index in [0.29, 0.717) is 5.92 Å². The van der Waals surface area contributed by atoms with E-state index >= 15 is 0 Å². The van der Waals surface area contributed by atoms with Gasteiger partial charge in [0.1, 0.15) is 0 Å². The minimum atomic E-state index is -3.10. The Hall–Kier alpha value is -2.41. The van der Waals surface area contributed by atoms with E-state index in [-0.39, 0.29) is 11.5 Å². The highest BCUT2D eigenvalue weighted by Crippen LogP contribution is 2.52. The predicted octanol–water partition coefficient (Wildman–Crippen LogP) is 7.02. The first-order valence-corrected chi connectivity index (χ1v) is 13.5. The average Bonchev–Trinajstić information content (AvgIpc) is 2.89. The van der Waals surface area contributed by atoms with Gasteiger partial charge in [-0.25, -0.2) is 0 Å². The minimum absolute atomic E-state index is 0.115. The molecule has 3 aromatic rings. The zero-order valence-electron chi connectivity index (χ0n) is 19.0. The summed E-state index contributed by atoms with van der Waals surface area (Å²) >= 11 is 0. The van der Waals surface area contributed by atoms with Crippen LogP contribution >= 0.6 is 7.29 Å². The molecule has 0 radical (unpaired) electrons. The molecule has 0 unspecified atom stereocenters. The summed E-state index contributed by atoms with van der Waals surface area (Å²) < 4.78 is 14.9. The van der Waals surface area contributed by atoms with Crippen LogP contribution in [0.25, 0.3) is 0 Å². The summed E-state index contributed by atoms with van der Waals surface area (Å²) in [5, 5.41) is 5.42. The van der Waals surface area contributed by atoms with Gasteiger partial charge in [-0.2, -0.15) is 0 Å². The normalized spacial score (nSPS) is 17.9. The second kappa shape index (κ2) is 10.0. The van der Waals surface area contributed by atoms with Crippen LogP contribution in [0.1, 0.15) is 50.6 Å². The molecule has 0 saturated heterocycles. The van der Waals surface area contributed by atoms with E-state index in [1.807, 2.05) is 66.7 Å². The zero-order chi connectivity index (χ0) is 22.4. The van der Waals surface area contributed by atoms with Gasteiger partial charge in [-0.15, -0.1) is 6.58 Å². The Morgan fingerprint density at radius 1 is 0.844 bits per heavy atom. The van der Waals surface area contributed by atoms with Gasteiger partial charge in [-0.05, 0) is 48.6 Å². The van der Waals surface area contributed by atoms with Crippen molar-refractivity contribution in [3.05, 3.63) is 109 Å². The van der Waals surface area contributed by atoms with Crippen LogP contribution in [0.5, 0.6) is 0 Å². The highest BCUT2D eigenvalue weighted by molar-refractivity contribution is 7.76. The largest absolute Gasteiger partial charge is 0.297 e. The zero-order valence-corrected chi connectivity index (χ0v) is 19.9. The van der Waals surface area contributed by atoms with E-state index in [4.69, 9.17) is 0 Å². The molecule has 0 bridgehead atoms. The summed E-state index contributed by atoms with van der Waals surface area (Å²) in [6.07, 6.45) is 8.31. The molecule has 1 aliphatic carbocycles. The fourth-order valence-corrected chi connectivity index (χ4v) is 7.79. The highest BCUT2D eigenvalue weighted by Gasteiger charge is 2.43. The van der Waals surface area contributed by atoms with Crippen molar-refractivity contribution in [2.75, 3.05) is 0 Å². The van der Waals surface area contributed by atoms with Crippen LogP contribution in [0.3, 0.4) is 0 Å². The number of benzene rings is 3. The fourth-order valence-electron chi connectivity index (χ4n) is 5.22. The molecule has 2 atom stereocenters. The van der Waals surface area contributed by atoms with Crippen molar-refractivity contribution in [1.82, 2.24) is 5.09 Å². The molecule has 1 fully saturated rings. The van der Waals surface area contributed by atoms with E-state index in [9.17, 15) is 4.57 Å². The molecule has 1 N–H and O–H groups in total. The maximum atomic E-state index is 14.9. The smallest absolute Gasteiger partial charge is 0.205 e. The van der Waals surface area contributed by atoms with E-state index in [1.54, 1.807) is 0 Å². The Balaban J connectivity index is 1.85. The maximum Gasteiger partial charge on any atom is 0.205 e. The molecule has 0 spiro atoms. The number of hydrogen-bond acceptors (Lipinski definition) is 1. The molecular weight excluding hydrogens is 409 g/mol. The van der Waals surface area contributed by atoms with Crippen molar-refractivity contribution < 1.29 is 4.57 Å². The lowest BCUT2D eigenvalue weighted by molar-refractivity contribution is 0.148. The van der Waals surface area contributed by atoms with Gasteiger partial charge in [0.2, 0.25) is 7.29 Å². The molecule has 1 aliphatic rings. The van der Waals surface area contributed by atoms with Crippen LogP contribution in [0.15, 0.2) is 104 Å². The molecule has 0 amide bonds. The fraction of sp³-hybridized carbons (Fsp3) is 0.310. The highest BCUT2D eigenvalue weighted by atomic mass is 31.2. The molecule has 3 aromatic carbocycles. The predicted molar refractivity (Wildman–Crippen MR) is 137 cm³/mol. The number of nitrogens with one attached hydrogen (secondary N) is 1. The lowest BCUT2D eigenvalue weighted by atomic mass is 9.65. The van der Waals surface area contributed by atoms with Crippen LogP contribution in [0.2, 0.25) is 0 Å². The Kier molecular flexibility index (Phi) is 7.13. The molecule has 0 aromatic heterocycles. The topological polar surface area (TPSA) is 29.1 Å². The Morgan fingerprint density at radius 3 is 1.78 bits per heavy atom. The summed E-state index contributed by atoms with van der Waals surface area (Å²) in [6, 6.07) is 30.1. The minimum Gasteiger partial charge on any atom is -0.297 e. The molecule has 2 nitrogen and oxygen atoms in total. The summed E-state index contributed by atoms with van der Waals surface area (Å²) in [6.45, 7) is 6.61. The van der Waals surface area contributed by atoms with Gasteiger partial charge in [0.05, 0.1) is 0 Å². The second-order valence-corrected chi connectivity index (χ2v) is 11.7. The molecule has 0 heterocycles. The SMILES string of the molecule is C=C[C@](C)(C1CCCCC1)[C@@H](NP(=O)(c1ccccc1)c1ccccc1)c1ccccc1. The van der Waals surface area contributed by atoms with Gasteiger partial charge < -0.3 is 0 Å². The number of hydrogen-bond donors (Lipinski definition) is 1. The van der Waals surface area contributed by atoms with Crippen molar-refractivity contribution >= 4 is 17.9 Å². The summed E-state index contributed by atoms with van der Waals surface area (Å²) in [5.74, 6) is 0.506. The molecule has 0 aliphatic heterocycles. The molecule has 1 saturated carbocycles. The van der Waals surface area contributed by atoms with Crippen LogP contribution in [0, 0.1) is 11.3 Å². The van der Waals surface area contributed by atoms with Gasteiger partial charge in [0.15, 0.2) is 0 Å². The maximum absolute atomic E-state index is 14.9. The van der Waals surface area contributed by atoms with Crippen molar-refractivity contribution in [3.63, 3.8) is 0 Å². The van der Waals surface area contributed by atoms with Gasteiger partial charge in [0.25, 0.3) is 0 Å². The standard InChI is InChI=1S/C29H34NOP/c1-3-29(2,25-18-10-5-11-19-25)28(24-16-8-4-9-17-24)30-32(31,26-20-12-6-13-21-26)27-22-14-7-15-23-27/h3-4,6-9,12-17,20-23,25,28H,1,5,10-11,18-19H2,2H3,(H,30,31)/t28-,29+/m0/s1. The van der Waals surface area contributed by atoms with Crippen molar-refractivity contribution in [2.24, 2.45) is 11.3 Å². The Morgan fingerprint density at radius 2 is 1.31 bits per heavy atom. The van der Waals surface area contributed by atoms with Gasteiger partial charge >= 0.3 is 0 Å². The van der Waals surface area contributed by atoms with Gasteiger partial charge in [0, 0.05) is 22.1 Å². The van der Waals surface area contributed by atoms with E-state index in [1.165, 1.54) is 32.1 Å². The third-order valence-corrected chi connectivity index (χ3v) is 9.90. The van der Waals surface area contributed by atoms with Crippen LogP contribution < -0.4 is 15.7 Å². The summed E-state index contributed by atoms with van der Waals surface area (Å²) in [7, 11) is -3.10. The Labute approximate surface area is 193 Å². The Bertz CT molecular complexity index is 1000. The third-order valence-electron chi connectivity index (χ3n) is 7.23. The lowest BCUT2D eigenvalue weighted by Crippen LogP contribution is -2.42. The summed E-state index contributed by atoms with van der Waals surface area (Å²) in [5.41, 5.74) is 0.939. The summed E-state index contributed by atoms with van der Waals surface area (Å²) in [4.78, 5) is 0. The lowest BCUT2D eigenvalue weighted by Gasteiger charge is -2.45. The first-order chi connectivity index (χ1) is 15.6. The van der Waals surface area contributed by atoms with Crippen molar-refractivity contribution in [1.29, 1.82) is 0 Å². The molecule has 166 valence electrons. The van der Waals surface area contributed by atoms with Crippen molar-refractivity contribution in [3.8, 4) is 0 Å². The first-order valence-electron chi connectivity index (χ1n) is 11.8. The average molecular weight is 444 g/mol. The number of rotatable bonds is 8. The molecule has 4 rings (SSSR count). The quantitative estimate of drug-likeness (QED) is 0.299. The van der Waals surface area contributed by atoms with Gasteiger partial charge in [-0.1, -0.05) is 99.0 Å². The van der Waals surface area contributed by atoms with Gasteiger partial charge in [-0.3, -0.25) is 9.65 Å². The van der Waals surface area contributed by atoms with E-state index < -0.39 is 7.29 Å². The molecular formula is C29H34NOP. The molecule has 3 heteroatoms. The van der Waals surface area contributed by atoms with Crippen LogP contribution in [-0.4, -0.2) is 0 Å². The van der Waals surface area contributed by atoms with Crippen molar-refractivity contribution in [2.45, 2.75) is 45.1 Å². The first kappa shape index (κ1) is 22.8. The van der Waals surface area contributed by atoms with E-state index in [0.717, 1.165) is 16.2 Å². The monoisotopic (exact) mass is 443 g/mol. The third kappa shape index (κ3) is 4.53. The van der Waals surface area contributed by atoms with Crippen LogP contribution in [0.4, 0.5) is 0 Å². The molecule has 32 heavy (non-hydrogen) atoms. The van der Waals surface area contributed by atoms with Crippen LogP contribution in [-0.2, 0) is 4.57 Å². The van der Waals surface area contributed by atoms with E-state index in [2.05, 4.69) is 48.9 Å².